The molecule has 0 fully saturated rings. The van der Waals surface area contributed by atoms with Crippen LogP contribution in [0.2, 0.25) is 5.02 Å². The van der Waals surface area contributed by atoms with Crippen LogP contribution < -0.4 is 10.1 Å². The molecule has 1 aromatic carbocycles. The van der Waals surface area contributed by atoms with Gasteiger partial charge in [0, 0.05) is 17.1 Å². The summed E-state index contributed by atoms with van der Waals surface area (Å²) in [6, 6.07) is 3.64. The predicted octanol–water partition coefficient (Wildman–Crippen LogP) is 2.41. The second-order valence-electron chi connectivity index (χ2n) is 4.40. The summed E-state index contributed by atoms with van der Waals surface area (Å²) < 4.78 is 30.5. The zero-order chi connectivity index (χ0) is 16.1. The first-order valence-corrected chi connectivity index (χ1v) is 6.70. The van der Waals surface area contributed by atoms with Gasteiger partial charge in [-0.1, -0.05) is 11.6 Å². The van der Waals surface area contributed by atoms with Crippen LogP contribution in [0.1, 0.15) is 18.5 Å². The van der Waals surface area contributed by atoms with E-state index in [0.717, 1.165) is 0 Å². The molecular formula is C13H13ClF2N4O2. The number of nitrogens with one attached hydrogen (secondary N) is 1. The van der Waals surface area contributed by atoms with E-state index in [1.165, 1.54) is 35.5 Å². The molecule has 0 spiro atoms. The molecule has 1 heterocycles. The highest BCUT2D eigenvalue weighted by atomic mass is 35.5. The number of carbonyl (C=O) groups is 1. The number of ether oxygens (including phenoxy) is 1. The Hall–Kier alpha value is -2.22. The third-order valence-corrected chi connectivity index (χ3v) is 3.14. The fraction of sp³-hybridized carbons (Fsp3) is 0.308. The monoisotopic (exact) mass is 330 g/mol. The third kappa shape index (κ3) is 4.14. The number of rotatable bonds is 6. The molecule has 0 radical (unpaired) electrons. The Morgan fingerprint density at radius 1 is 1.50 bits per heavy atom. The van der Waals surface area contributed by atoms with Crippen molar-refractivity contribution in [2.45, 2.75) is 26.1 Å². The van der Waals surface area contributed by atoms with Gasteiger partial charge in [-0.15, -0.1) is 0 Å². The van der Waals surface area contributed by atoms with E-state index in [0.29, 0.717) is 10.6 Å². The van der Waals surface area contributed by atoms with E-state index >= 15 is 0 Å². The van der Waals surface area contributed by atoms with Crippen molar-refractivity contribution in [1.82, 2.24) is 20.1 Å². The summed E-state index contributed by atoms with van der Waals surface area (Å²) in [6.45, 7) is -1.32. The van der Waals surface area contributed by atoms with Crippen molar-refractivity contribution in [2.24, 2.45) is 0 Å². The van der Waals surface area contributed by atoms with Crippen LogP contribution in [-0.4, -0.2) is 27.3 Å². The van der Waals surface area contributed by atoms with E-state index in [-0.39, 0.29) is 18.2 Å². The van der Waals surface area contributed by atoms with E-state index in [1.807, 2.05) is 0 Å². The second-order valence-corrected chi connectivity index (χ2v) is 4.84. The van der Waals surface area contributed by atoms with Gasteiger partial charge in [0.25, 0.3) is 0 Å². The lowest BCUT2D eigenvalue weighted by atomic mass is 10.2. The molecule has 22 heavy (non-hydrogen) atoms. The minimum Gasteiger partial charge on any atom is -0.434 e. The maximum atomic E-state index is 12.4. The number of nitrogens with zero attached hydrogens (tertiary/aromatic N) is 3. The molecule has 0 saturated heterocycles. The average Bonchev–Trinajstić information content (AvgIpc) is 3.00. The van der Waals surface area contributed by atoms with E-state index < -0.39 is 12.7 Å². The minimum atomic E-state index is -2.95. The van der Waals surface area contributed by atoms with Crippen molar-refractivity contribution < 1.29 is 18.3 Å². The summed E-state index contributed by atoms with van der Waals surface area (Å²) >= 11 is 5.83. The van der Waals surface area contributed by atoms with E-state index in [4.69, 9.17) is 11.6 Å². The first-order chi connectivity index (χ1) is 10.5. The molecule has 0 aliphatic rings. The number of hydrogen-bond donors (Lipinski definition) is 1. The highest BCUT2D eigenvalue weighted by Crippen LogP contribution is 2.24. The number of amides is 1. The Kier molecular flexibility index (Phi) is 5.26. The number of carbonyl (C=O) groups excluding carboxylic acids is 1. The van der Waals surface area contributed by atoms with Crippen molar-refractivity contribution in [3.8, 4) is 5.75 Å². The van der Waals surface area contributed by atoms with Gasteiger partial charge in [0.05, 0.1) is 0 Å². The number of halogens is 3. The zero-order valence-electron chi connectivity index (χ0n) is 11.5. The number of benzene rings is 1. The lowest BCUT2D eigenvalue weighted by Crippen LogP contribution is -2.31. The molecule has 118 valence electrons. The molecule has 0 saturated carbocycles. The number of alkyl halides is 2. The van der Waals surface area contributed by atoms with Crippen LogP contribution in [0, 0.1) is 0 Å². The summed E-state index contributed by atoms with van der Waals surface area (Å²) in [4.78, 5) is 15.8. The van der Waals surface area contributed by atoms with Crippen LogP contribution in [0.4, 0.5) is 8.78 Å². The van der Waals surface area contributed by atoms with Crippen molar-refractivity contribution in [2.75, 3.05) is 0 Å². The maximum absolute atomic E-state index is 12.4. The molecule has 2 aromatic rings. The van der Waals surface area contributed by atoms with Gasteiger partial charge >= 0.3 is 6.61 Å². The van der Waals surface area contributed by atoms with E-state index in [1.54, 1.807) is 6.92 Å². The lowest BCUT2D eigenvalue weighted by molar-refractivity contribution is -0.124. The second kappa shape index (κ2) is 7.17. The Labute approximate surface area is 130 Å². The molecular weight excluding hydrogens is 318 g/mol. The molecule has 9 heteroatoms. The topological polar surface area (TPSA) is 69.0 Å². The fourth-order valence-corrected chi connectivity index (χ4v) is 1.96. The molecule has 1 aromatic heterocycles. The third-order valence-electron chi connectivity index (χ3n) is 2.90. The molecule has 1 amide bonds. The van der Waals surface area contributed by atoms with Crippen molar-refractivity contribution >= 4 is 17.5 Å². The van der Waals surface area contributed by atoms with Gasteiger partial charge in [0.15, 0.2) is 0 Å². The van der Waals surface area contributed by atoms with Crippen LogP contribution in [0.5, 0.6) is 5.75 Å². The van der Waals surface area contributed by atoms with Crippen molar-refractivity contribution in [1.29, 1.82) is 0 Å². The Morgan fingerprint density at radius 3 is 2.91 bits per heavy atom. The summed E-state index contributed by atoms with van der Waals surface area (Å²) in [5.41, 5.74) is 0.354. The lowest BCUT2D eigenvalue weighted by Gasteiger charge is -2.14. The highest BCUT2D eigenvalue weighted by molar-refractivity contribution is 6.30. The first kappa shape index (κ1) is 16.2. The number of aromatic nitrogens is 3. The molecule has 2 rings (SSSR count). The van der Waals surface area contributed by atoms with Crippen LogP contribution in [0.15, 0.2) is 30.9 Å². The van der Waals surface area contributed by atoms with Gasteiger partial charge in [-0.25, -0.2) is 9.67 Å². The summed E-state index contributed by atoms with van der Waals surface area (Å²) in [5, 5.41) is 6.84. The van der Waals surface area contributed by atoms with Gasteiger partial charge < -0.3 is 10.1 Å². The van der Waals surface area contributed by atoms with Gasteiger partial charge in [0.1, 0.15) is 24.4 Å². The fourth-order valence-electron chi connectivity index (χ4n) is 1.76. The quantitative estimate of drug-likeness (QED) is 0.883. The molecule has 0 bridgehead atoms. The van der Waals surface area contributed by atoms with Gasteiger partial charge in [-0.3, -0.25) is 4.79 Å². The van der Waals surface area contributed by atoms with E-state index in [2.05, 4.69) is 20.1 Å². The smallest absolute Gasteiger partial charge is 0.387 e. The predicted molar refractivity (Wildman–Crippen MR) is 74.7 cm³/mol. The summed E-state index contributed by atoms with van der Waals surface area (Å²) in [7, 11) is 0. The standard InChI is InChI=1S/C13H13ClF2N4O2/c1-8(20-7-17-6-19-20)12(21)18-5-9-4-10(14)2-3-11(9)22-13(15)16/h2-4,6-8,13H,5H2,1H3,(H,18,21)/t8-/m0/s1. The first-order valence-electron chi connectivity index (χ1n) is 6.32. The maximum Gasteiger partial charge on any atom is 0.387 e. The zero-order valence-corrected chi connectivity index (χ0v) is 12.3. The average molecular weight is 331 g/mol. The van der Waals surface area contributed by atoms with Crippen LogP contribution >= 0.6 is 11.6 Å². The summed E-state index contributed by atoms with van der Waals surface area (Å²) in [6.07, 6.45) is 2.73. The van der Waals surface area contributed by atoms with Gasteiger partial charge in [0.2, 0.25) is 5.91 Å². The molecule has 6 nitrogen and oxygen atoms in total. The Morgan fingerprint density at radius 2 is 2.27 bits per heavy atom. The Bertz CT molecular complexity index is 637. The number of hydrogen-bond acceptors (Lipinski definition) is 4. The molecule has 1 atom stereocenters. The summed E-state index contributed by atoms with van der Waals surface area (Å²) in [5.74, 6) is -0.374. The highest BCUT2D eigenvalue weighted by Gasteiger charge is 2.16. The van der Waals surface area contributed by atoms with Gasteiger partial charge in [-0.2, -0.15) is 13.9 Å². The Balaban J connectivity index is 2.04. The molecule has 1 N–H and O–H groups in total. The SMILES string of the molecule is C[C@@H](C(=O)NCc1cc(Cl)ccc1OC(F)F)n1cncn1. The van der Waals surface area contributed by atoms with E-state index in [9.17, 15) is 13.6 Å². The van der Waals surface area contributed by atoms with Crippen molar-refractivity contribution in [3.05, 3.63) is 41.4 Å². The molecule has 0 unspecified atom stereocenters. The molecule has 0 aliphatic heterocycles. The van der Waals surface area contributed by atoms with Crippen LogP contribution in [-0.2, 0) is 11.3 Å². The van der Waals surface area contributed by atoms with Crippen LogP contribution in [0.25, 0.3) is 0 Å². The van der Waals surface area contributed by atoms with Crippen LogP contribution in [0.3, 0.4) is 0 Å². The van der Waals surface area contributed by atoms with Crippen molar-refractivity contribution in [3.63, 3.8) is 0 Å². The largest absolute Gasteiger partial charge is 0.434 e. The minimum absolute atomic E-state index is 0.000480. The van der Waals surface area contributed by atoms with Gasteiger partial charge in [-0.05, 0) is 25.1 Å². The normalized spacial score (nSPS) is 12.2. The molecule has 0 aliphatic carbocycles.